The minimum atomic E-state index is -3.43. The average Bonchev–Trinajstić information content (AvgIpc) is 2.82. The van der Waals surface area contributed by atoms with Crippen molar-refractivity contribution in [2.24, 2.45) is 0 Å². The Labute approximate surface area is 209 Å². The van der Waals surface area contributed by atoms with Crippen molar-refractivity contribution in [2.45, 2.75) is 57.6 Å². The molecule has 0 radical (unpaired) electrons. The summed E-state index contributed by atoms with van der Waals surface area (Å²) in [6.45, 7) is 6.40. The molecule has 7 nitrogen and oxygen atoms in total. The zero-order valence-electron chi connectivity index (χ0n) is 21.2. The van der Waals surface area contributed by atoms with Gasteiger partial charge in [0.15, 0.2) is 0 Å². The lowest BCUT2D eigenvalue weighted by Crippen LogP contribution is -2.67. The second-order valence-corrected chi connectivity index (χ2v) is 16.1. The quantitative estimate of drug-likeness (QED) is 0.286. The van der Waals surface area contributed by atoms with E-state index in [4.69, 9.17) is 13.5 Å². The molecule has 0 saturated carbocycles. The number of carbonyl (C=O) groups is 2. The number of hydrogen-bond donors (Lipinski definition) is 1. The van der Waals surface area contributed by atoms with Crippen LogP contribution in [-0.2, 0) is 27.6 Å². The first-order chi connectivity index (χ1) is 16.5. The highest BCUT2D eigenvalue weighted by Crippen LogP contribution is 2.46. The predicted octanol–water partition coefficient (Wildman–Crippen LogP) is 4.63. The number of carbonyl (C=O) groups excluding carboxylic acids is 1. The van der Waals surface area contributed by atoms with Crippen LogP contribution in [0.1, 0.15) is 46.5 Å². The summed E-state index contributed by atoms with van der Waals surface area (Å²) in [6, 6.07) is 20.0. The normalized spacial score (nSPS) is 13.4. The van der Waals surface area contributed by atoms with Crippen LogP contribution in [0.25, 0.3) is 0 Å². The van der Waals surface area contributed by atoms with Gasteiger partial charge in [-0.15, -0.1) is 0 Å². The van der Waals surface area contributed by atoms with Gasteiger partial charge in [-0.3, -0.25) is 14.2 Å². The maximum absolute atomic E-state index is 12.4. The van der Waals surface area contributed by atoms with Crippen LogP contribution in [0.15, 0.2) is 60.7 Å². The lowest BCUT2D eigenvalue weighted by atomic mass is 10.1. The van der Waals surface area contributed by atoms with Crippen LogP contribution in [0.3, 0.4) is 0 Å². The summed E-state index contributed by atoms with van der Waals surface area (Å²) in [5.41, 5.74) is 0. The first-order valence-corrected chi connectivity index (χ1v) is 15.3. The molecule has 2 rings (SSSR count). The van der Waals surface area contributed by atoms with Gasteiger partial charge in [0.05, 0.1) is 12.5 Å². The molecule has 0 aliphatic carbocycles. The average molecular weight is 521 g/mol. The molecule has 0 saturated heterocycles. The standard InChI is InChI=1S/C26H37O7PSi/c1-26(2,3)35(23-15-8-6-9-16-23,24-17-10-7-11-18-24)33-22(19-25(28)29)14-12-13-21(27)20-34(30,31-4)32-5/h6-11,15-18,22H,12-14,19-20H2,1-5H3,(H,28,29). The van der Waals surface area contributed by atoms with Crippen molar-refractivity contribution in [3.05, 3.63) is 60.7 Å². The van der Waals surface area contributed by atoms with Gasteiger partial charge in [0.25, 0.3) is 8.32 Å². The third-order valence-electron chi connectivity index (χ3n) is 6.07. The maximum atomic E-state index is 12.4. The van der Waals surface area contributed by atoms with E-state index in [0.717, 1.165) is 10.4 Å². The number of rotatable bonds is 14. The molecule has 1 unspecified atom stereocenters. The zero-order chi connectivity index (χ0) is 26.1. The van der Waals surface area contributed by atoms with Crippen molar-refractivity contribution >= 4 is 38.0 Å². The molecular formula is C26H37O7PSi. The fraction of sp³-hybridized carbons (Fsp3) is 0.462. The third-order valence-corrected chi connectivity index (χ3v) is 13.0. The summed E-state index contributed by atoms with van der Waals surface area (Å²) in [5, 5.41) is 11.5. The number of hydrogen-bond acceptors (Lipinski definition) is 6. The highest BCUT2D eigenvalue weighted by molar-refractivity contribution is 7.54. The Morgan fingerprint density at radius 1 is 0.943 bits per heavy atom. The van der Waals surface area contributed by atoms with E-state index in [2.05, 4.69) is 45.0 Å². The molecule has 0 bridgehead atoms. The van der Waals surface area contributed by atoms with Gasteiger partial charge >= 0.3 is 13.6 Å². The molecule has 0 fully saturated rings. The van der Waals surface area contributed by atoms with Crippen LogP contribution in [0.4, 0.5) is 0 Å². The van der Waals surface area contributed by atoms with Crippen molar-refractivity contribution in [1.29, 1.82) is 0 Å². The van der Waals surface area contributed by atoms with Crippen LogP contribution in [0, 0.1) is 0 Å². The molecule has 0 aliphatic heterocycles. The summed E-state index contributed by atoms with van der Waals surface area (Å²) in [7, 11) is -3.87. The molecule has 0 heterocycles. The minimum absolute atomic E-state index is 0.136. The number of aliphatic carboxylic acids is 1. The summed E-state index contributed by atoms with van der Waals surface area (Å²) < 4.78 is 28.9. The molecule has 1 atom stereocenters. The van der Waals surface area contributed by atoms with Crippen molar-refractivity contribution in [3.63, 3.8) is 0 Å². The van der Waals surface area contributed by atoms with Gasteiger partial charge in [0, 0.05) is 20.6 Å². The predicted molar refractivity (Wildman–Crippen MR) is 140 cm³/mol. The van der Waals surface area contributed by atoms with Gasteiger partial charge in [-0.2, -0.15) is 0 Å². The van der Waals surface area contributed by atoms with Gasteiger partial charge in [-0.1, -0.05) is 81.4 Å². The molecule has 192 valence electrons. The van der Waals surface area contributed by atoms with E-state index in [9.17, 15) is 19.3 Å². The first kappa shape index (κ1) is 29.1. The van der Waals surface area contributed by atoms with Crippen LogP contribution < -0.4 is 10.4 Å². The van der Waals surface area contributed by atoms with Crippen LogP contribution in [-0.4, -0.2) is 51.7 Å². The number of Topliss-reactive ketones (excluding diaryl/α,β-unsaturated/α-hetero) is 1. The number of carboxylic acid groups (broad SMARTS) is 1. The fourth-order valence-electron chi connectivity index (χ4n) is 4.36. The second kappa shape index (κ2) is 12.7. The Bertz CT molecular complexity index is 958. The Kier molecular flexibility index (Phi) is 10.6. The van der Waals surface area contributed by atoms with Gasteiger partial charge in [0.1, 0.15) is 11.9 Å². The van der Waals surface area contributed by atoms with Gasteiger partial charge < -0.3 is 18.6 Å². The van der Waals surface area contributed by atoms with E-state index in [1.54, 1.807) is 0 Å². The Morgan fingerprint density at radius 3 is 1.83 bits per heavy atom. The Balaban J connectivity index is 2.36. The van der Waals surface area contributed by atoms with Crippen LogP contribution in [0.2, 0.25) is 5.04 Å². The molecule has 9 heteroatoms. The van der Waals surface area contributed by atoms with Crippen molar-refractivity contribution < 1.29 is 32.7 Å². The van der Waals surface area contributed by atoms with Gasteiger partial charge in [0.2, 0.25) is 0 Å². The molecule has 0 spiro atoms. The summed E-state index contributed by atoms with van der Waals surface area (Å²) >= 11 is 0. The summed E-state index contributed by atoms with van der Waals surface area (Å²) in [5.74, 6) is -1.21. The Morgan fingerprint density at radius 2 is 1.43 bits per heavy atom. The lowest BCUT2D eigenvalue weighted by molar-refractivity contribution is -0.139. The molecular weight excluding hydrogens is 483 g/mol. The Hall–Kier alpha value is -2.09. The molecule has 0 amide bonds. The third kappa shape index (κ3) is 7.69. The first-order valence-electron chi connectivity index (χ1n) is 11.7. The molecule has 2 aromatic carbocycles. The van der Waals surface area contributed by atoms with Crippen molar-refractivity contribution in [1.82, 2.24) is 0 Å². The van der Waals surface area contributed by atoms with E-state index in [1.165, 1.54) is 14.2 Å². The molecule has 2 aromatic rings. The van der Waals surface area contributed by atoms with E-state index in [0.29, 0.717) is 12.8 Å². The monoisotopic (exact) mass is 520 g/mol. The topological polar surface area (TPSA) is 99.1 Å². The van der Waals surface area contributed by atoms with Gasteiger partial charge in [-0.25, -0.2) is 0 Å². The summed E-state index contributed by atoms with van der Waals surface area (Å²) in [6.07, 6.45) is -0.151. The molecule has 0 aromatic heterocycles. The number of benzene rings is 2. The van der Waals surface area contributed by atoms with E-state index in [1.807, 2.05) is 36.4 Å². The second-order valence-electron chi connectivity index (χ2n) is 9.57. The highest BCUT2D eigenvalue weighted by Gasteiger charge is 2.51. The fourth-order valence-corrected chi connectivity index (χ4v) is 10.1. The van der Waals surface area contributed by atoms with Gasteiger partial charge in [-0.05, 0) is 28.3 Å². The van der Waals surface area contributed by atoms with E-state index in [-0.39, 0.29) is 29.8 Å². The maximum Gasteiger partial charge on any atom is 0.337 e. The largest absolute Gasteiger partial charge is 0.481 e. The number of ketones is 1. The smallest absolute Gasteiger partial charge is 0.337 e. The molecule has 1 N–H and O–H groups in total. The van der Waals surface area contributed by atoms with E-state index >= 15 is 0 Å². The molecule has 0 aliphatic rings. The van der Waals surface area contributed by atoms with Crippen molar-refractivity contribution in [2.75, 3.05) is 20.4 Å². The molecule has 35 heavy (non-hydrogen) atoms. The van der Waals surface area contributed by atoms with Crippen LogP contribution in [0.5, 0.6) is 0 Å². The lowest BCUT2D eigenvalue weighted by Gasteiger charge is -2.45. The highest BCUT2D eigenvalue weighted by atomic mass is 31.2. The zero-order valence-corrected chi connectivity index (χ0v) is 23.1. The van der Waals surface area contributed by atoms with E-state index < -0.39 is 28.0 Å². The van der Waals surface area contributed by atoms with Crippen molar-refractivity contribution in [3.8, 4) is 0 Å². The number of carboxylic acids is 1. The minimum Gasteiger partial charge on any atom is -0.481 e. The summed E-state index contributed by atoms with van der Waals surface area (Å²) in [4.78, 5) is 24.2. The van der Waals surface area contributed by atoms with Crippen LogP contribution >= 0.6 is 7.60 Å². The SMILES string of the molecule is COP(=O)(CC(=O)CCCC(CC(=O)O)O[Si](c1ccccc1)(c1ccccc1)C(C)(C)C)OC.